The lowest BCUT2D eigenvalue weighted by molar-refractivity contribution is -0.0240. The number of aromatic nitrogens is 1. The minimum Gasteiger partial charge on any atom is -0.490 e. The average Bonchev–Trinajstić information content (AvgIpc) is 3.20. The predicted molar refractivity (Wildman–Crippen MR) is 112 cm³/mol. The van der Waals surface area contributed by atoms with Crippen LogP contribution in [0.1, 0.15) is 48.0 Å². The summed E-state index contributed by atoms with van der Waals surface area (Å²) in [5, 5.41) is 7.04. The van der Waals surface area contributed by atoms with Gasteiger partial charge in [0.15, 0.2) is 11.5 Å². The summed E-state index contributed by atoms with van der Waals surface area (Å²) in [6.07, 6.45) is 2.22. The molecule has 0 saturated carbocycles. The fraction of sp³-hybridized carbons (Fsp3) is 0.250. The summed E-state index contributed by atoms with van der Waals surface area (Å²) in [7, 11) is 0. The predicted octanol–water partition coefficient (Wildman–Crippen LogP) is 5.03. The molecule has 1 aromatic heterocycles. The minimum absolute atomic E-state index is 0.0856. The molecular formula is C24H23N3O2. The molecule has 2 atom stereocenters. The van der Waals surface area contributed by atoms with Gasteiger partial charge in [-0.1, -0.05) is 48.0 Å². The summed E-state index contributed by atoms with van der Waals surface area (Å²) in [6.45, 7) is 4.67. The molecule has 3 aromatic rings. The third kappa shape index (κ3) is 3.12. The molecule has 0 N–H and O–H groups in total. The number of pyridine rings is 1. The van der Waals surface area contributed by atoms with E-state index in [1.807, 2.05) is 37.3 Å². The van der Waals surface area contributed by atoms with Gasteiger partial charge in [0, 0.05) is 18.2 Å². The maximum Gasteiger partial charge on any atom is 0.230 e. The molecule has 2 aromatic carbocycles. The maximum atomic E-state index is 6.45. The van der Waals surface area contributed by atoms with Crippen LogP contribution >= 0.6 is 0 Å². The Morgan fingerprint density at radius 2 is 1.93 bits per heavy atom. The number of rotatable bonds is 4. The van der Waals surface area contributed by atoms with Gasteiger partial charge in [-0.25, -0.2) is 5.01 Å². The normalized spacial score (nSPS) is 19.8. The first-order valence-corrected chi connectivity index (χ1v) is 10.0. The Bertz CT molecular complexity index is 1050. The van der Waals surface area contributed by atoms with E-state index in [0.717, 1.165) is 40.5 Å². The van der Waals surface area contributed by atoms with Crippen LogP contribution in [0, 0.1) is 6.92 Å². The standard InChI is InChI=1S/C24H23N3O2/c1-3-28-22-9-6-7-18-21-15-20(17-12-10-16(2)11-13-17)26-27(21)24(29-23(18)22)19-8-4-5-14-25-19/h4-14,21,24H,3,15H2,1-2H3. The summed E-state index contributed by atoms with van der Waals surface area (Å²) < 4.78 is 12.3. The number of ether oxygens (including phenoxy) is 2. The summed E-state index contributed by atoms with van der Waals surface area (Å²) in [6, 6.07) is 20.6. The van der Waals surface area contributed by atoms with Gasteiger partial charge in [0.1, 0.15) is 5.69 Å². The molecule has 0 spiro atoms. The van der Waals surface area contributed by atoms with E-state index in [9.17, 15) is 0 Å². The third-order valence-electron chi connectivity index (χ3n) is 5.41. The molecule has 2 unspecified atom stereocenters. The van der Waals surface area contributed by atoms with Crippen molar-refractivity contribution in [1.29, 1.82) is 0 Å². The van der Waals surface area contributed by atoms with Crippen LogP contribution in [0.2, 0.25) is 0 Å². The van der Waals surface area contributed by atoms with Crippen LogP contribution in [0.4, 0.5) is 0 Å². The molecule has 0 amide bonds. The van der Waals surface area contributed by atoms with Crippen molar-refractivity contribution in [3.05, 3.63) is 89.2 Å². The Labute approximate surface area is 170 Å². The molecule has 0 aliphatic carbocycles. The van der Waals surface area contributed by atoms with Crippen molar-refractivity contribution in [3.8, 4) is 11.5 Å². The number of hydrogen-bond donors (Lipinski definition) is 0. The van der Waals surface area contributed by atoms with E-state index < -0.39 is 6.23 Å². The van der Waals surface area contributed by atoms with Crippen molar-refractivity contribution in [2.24, 2.45) is 5.10 Å². The van der Waals surface area contributed by atoms with Crippen LogP contribution in [0.15, 0.2) is 72.0 Å². The quantitative estimate of drug-likeness (QED) is 0.632. The van der Waals surface area contributed by atoms with Crippen molar-refractivity contribution in [2.45, 2.75) is 32.5 Å². The second-order valence-electron chi connectivity index (χ2n) is 7.34. The molecule has 3 heterocycles. The van der Waals surface area contributed by atoms with Crippen LogP contribution in [0.3, 0.4) is 0 Å². The van der Waals surface area contributed by atoms with E-state index in [1.165, 1.54) is 5.56 Å². The number of nitrogens with zero attached hydrogens (tertiary/aromatic N) is 3. The van der Waals surface area contributed by atoms with Crippen molar-refractivity contribution >= 4 is 5.71 Å². The minimum atomic E-state index is -0.391. The van der Waals surface area contributed by atoms with Gasteiger partial charge >= 0.3 is 0 Å². The highest BCUT2D eigenvalue weighted by Gasteiger charge is 2.42. The molecule has 0 bridgehead atoms. The number of para-hydroxylation sites is 1. The van der Waals surface area contributed by atoms with E-state index in [2.05, 4.69) is 47.2 Å². The zero-order chi connectivity index (χ0) is 19.8. The molecule has 2 aliphatic rings. The molecule has 5 nitrogen and oxygen atoms in total. The number of hydrazone groups is 1. The van der Waals surface area contributed by atoms with Gasteiger partial charge in [-0.2, -0.15) is 5.10 Å². The SMILES string of the molecule is CCOc1cccc2c1OC(c1ccccn1)N1N=C(c3ccc(C)cc3)CC21. The Kier molecular flexibility index (Phi) is 4.43. The summed E-state index contributed by atoms with van der Waals surface area (Å²) in [5.41, 5.74) is 5.39. The second-order valence-corrected chi connectivity index (χ2v) is 7.34. The fourth-order valence-corrected chi connectivity index (χ4v) is 3.99. The largest absolute Gasteiger partial charge is 0.490 e. The molecular weight excluding hydrogens is 362 g/mol. The Hall–Kier alpha value is -3.34. The maximum absolute atomic E-state index is 6.45. The van der Waals surface area contributed by atoms with Crippen molar-refractivity contribution < 1.29 is 9.47 Å². The van der Waals surface area contributed by atoms with Crippen LogP contribution in [-0.2, 0) is 0 Å². The van der Waals surface area contributed by atoms with Gasteiger partial charge in [-0.3, -0.25) is 4.98 Å². The summed E-state index contributed by atoms with van der Waals surface area (Å²) in [5.74, 6) is 1.57. The average molecular weight is 385 g/mol. The lowest BCUT2D eigenvalue weighted by Gasteiger charge is -2.38. The zero-order valence-corrected chi connectivity index (χ0v) is 16.6. The number of hydrogen-bond acceptors (Lipinski definition) is 5. The van der Waals surface area contributed by atoms with Gasteiger partial charge in [0.25, 0.3) is 0 Å². The van der Waals surface area contributed by atoms with Gasteiger partial charge in [-0.05, 0) is 37.6 Å². The second kappa shape index (κ2) is 7.24. The molecule has 0 saturated heterocycles. The van der Waals surface area contributed by atoms with Crippen LogP contribution in [0.5, 0.6) is 11.5 Å². The molecule has 146 valence electrons. The van der Waals surface area contributed by atoms with Crippen LogP contribution in [-0.4, -0.2) is 22.3 Å². The highest BCUT2D eigenvalue weighted by Crippen LogP contribution is 2.50. The number of aryl methyl sites for hydroxylation is 1. The highest BCUT2D eigenvalue weighted by atomic mass is 16.5. The number of fused-ring (bicyclic) bond motifs is 3. The Morgan fingerprint density at radius 3 is 2.69 bits per heavy atom. The third-order valence-corrected chi connectivity index (χ3v) is 5.41. The first-order chi connectivity index (χ1) is 14.2. The lowest BCUT2D eigenvalue weighted by Crippen LogP contribution is -2.34. The van der Waals surface area contributed by atoms with E-state index in [1.54, 1.807) is 6.20 Å². The molecule has 2 aliphatic heterocycles. The molecule has 5 rings (SSSR count). The fourth-order valence-electron chi connectivity index (χ4n) is 3.99. The smallest absolute Gasteiger partial charge is 0.230 e. The van der Waals surface area contributed by atoms with Gasteiger partial charge in [0.2, 0.25) is 6.23 Å². The van der Waals surface area contributed by atoms with Gasteiger partial charge in [0.05, 0.1) is 18.4 Å². The van der Waals surface area contributed by atoms with E-state index in [0.29, 0.717) is 6.61 Å². The lowest BCUT2D eigenvalue weighted by atomic mass is 9.95. The number of benzene rings is 2. The molecule has 0 radical (unpaired) electrons. The Morgan fingerprint density at radius 1 is 1.07 bits per heavy atom. The summed E-state index contributed by atoms with van der Waals surface area (Å²) >= 11 is 0. The van der Waals surface area contributed by atoms with E-state index in [-0.39, 0.29) is 6.04 Å². The van der Waals surface area contributed by atoms with Crippen LogP contribution in [0.25, 0.3) is 0 Å². The zero-order valence-electron chi connectivity index (χ0n) is 16.6. The topological polar surface area (TPSA) is 47.0 Å². The van der Waals surface area contributed by atoms with E-state index in [4.69, 9.17) is 14.6 Å². The Balaban J connectivity index is 1.60. The van der Waals surface area contributed by atoms with Gasteiger partial charge < -0.3 is 9.47 Å². The molecule has 0 fully saturated rings. The van der Waals surface area contributed by atoms with Crippen molar-refractivity contribution in [1.82, 2.24) is 9.99 Å². The van der Waals surface area contributed by atoms with Crippen LogP contribution < -0.4 is 9.47 Å². The summed E-state index contributed by atoms with van der Waals surface area (Å²) in [4.78, 5) is 4.54. The highest BCUT2D eigenvalue weighted by molar-refractivity contribution is 6.02. The first-order valence-electron chi connectivity index (χ1n) is 10.0. The van der Waals surface area contributed by atoms with Crippen molar-refractivity contribution in [3.63, 3.8) is 0 Å². The van der Waals surface area contributed by atoms with Crippen molar-refractivity contribution in [2.75, 3.05) is 6.61 Å². The monoisotopic (exact) mass is 385 g/mol. The molecule has 5 heteroatoms. The van der Waals surface area contributed by atoms with E-state index >= 15 is 0 Å². The van der Waals surface area contributed by atoms with Gasteiger partial charge in [-0.15, -0.1) is 0 Å². The molecule has 29 heavy (non-hydrogen) atoms. The first kappa shape index (κ1) is 17.7.